The molecule has 0 saturated heterocycles. The molecule has 0 amide bonds. The van der Waals surface area contributed by atoms with Crippen LogP contribution < -0.4 is 5.73 Å². The molecule has 1 rings (SSSR count). The van der Waals surface area contributed by atoms with Crippen molar-refractivity contribution in [3.05, 3.63) is 17.2 Å². The topological polar surface area (TPSA) is 63.9 Å². The van der Waals surface area contributed by atoms with Gasteiger partial charge in [0.15, 0.2) is 0 Å². The fourth-order valence-corrected chi connectivity index (χ4v) is 0.937. The van der Waals surface area contributed by atoms with E-state index in [0.29, 0.717) is 13.2 Å². The highest BCUT2D eigenvalue weighted by atomic mass is 16.5. The summed E-state index contributed by atoms with van der Waals surface area (Å²) in [6.45, 7) is 2.95. The molecule has 4 nitrogen and oxygen atoms in total. The zero-order chi connectivity index (χ0) is 8.27. The zero-order valence-electron chi connectivity index (χ0n) is 6.85. The van der Waals surface area contributed by atoms with Gasteiger partial charge in [-0.1, -0.05) is 0 Å². The fourth-order valence-electron chi connectivity index (χ4n) is 0.937. The van der Waals surface area contributed by atoms with Crippen molar-refractivity contribution in [2.75, 3.05) is 7.11 Å². The summed E-state index contributed by atoms with van der Waals surface area (Å²) < 4.78 is 4.94. The second-order valence-electron chi connectivity index (χ2n) is 2.39. The van der Waals surface area contributed by atoms with Gasteiger partial charge in [0.25, 0.3) is 0 Å². The highest BCUT2D eigenvalue weighted by Gasteiger charge is 2.03. The molecule has 62 valence electrons. The first-order valence-corrected chi connectivity index (χ1v) is 3.51. The summed E-state index contributed by atoms with van der Waals surface area (Å²) in [4.78, 5) is 7.28. The van der Waals surface area contributed by atoms with Gasteiger partial charge in [0.2, 0.25) is 0 Å². The number of aromatic amines is 1. The van der Waals surface area contributed by atoms with Crippen molar-refractivity contribution in [2.45, 2.75) is 20.1 Å². The first-order chi connectivity index (χ1) is 5.27. The van der Waals surface area contributed by atoms with Crippen molar-refractivity contribution in [3.63, 3.8) is 0 Å². The van der Waals surface area contributed by atoms with E-state index in [1.54, 1.807) is 7.11 Å². The van der Waals surface area contributed by atoms with Crippen molar-refractivity contribution in [3.8, 4) is 0 Å². The van der Waals surface area contributed by atoms with Gasteiger partial charge in [-0.15, -0.1) is 0 Å². The van der Waals surface area contributed by atoms with Gasteiger partial charge in [-0.05, 0) is 6.92 Å². The average molecular weight is 155 g/mol. The number of nitrogens with zero attached hydrogens (tertiary/aromatic N) is 1. The van der Waals surface area contributed by atoms with Gasteiger partial charge >= 0.3 is 0 Å². The normalized spacial score (nSPS) is 10.5. The number of ether oxygens (including phenoxy) is 1. The number of methoxy groups -OCH3 is 1. The molecule has 0 aliphatic rings. The molecule has 1 heterocycles. The number of hydrogen-bond donors (Lipinski definition) is 2. The lowest BCUT2D eigenvalue weighted by Crippen LogP contribution is -1.98. The van der Waals surface area contributed by atoms with Crippen LogP contribution in [0.4, 0.5) is 0 Å². The quantitative estimate of drug-likeness (QED) is 0.660. The standard InChI is InChI=1S/C7H13N3O/c1-5-6(4-11-2)10-7(3-8)9-5/h3-4,8H2,1-2H3,(H,9,10). The predicted octanol–water partition coefficient (Wildman–Crippen LogP) is 0.323. The van der Waals surface area contributed by atoms with E-state index in [0.717, 1.165) is 17.2 Å². The second-order valence-corrected chi connectivity index (χ2v) is 2.39. The Hall–Kier alpha value is -0.870. The Bertz CT molecular complexity index is 232. The van der Waals surface area contributed by atoms with E-state index in [1.807, 2.05) is 6.92 Å². The van der Waals surface area contributed by atoms with Crippen LogP contribution in [0, 0.1) is 6.92 Å². The van der Waals surface area contributed by atoms with Crippen LogP contribution in [0.25, 0.3) is 0 Å². The van der Waals surface area contributed by atoms with Crippen LogP contribution in [0.5, 0.6) is 0 Å². The van der Waals surface area contributed by atoms with Crippen molar-refractivity contribution in [1.29, 1.82) is 0 Å². The van der Waals surface area contributed by atoms with Gasteiger partial charge < -0.3 is 15.5 Å². The molecule has 3 N–H and O–H groups in total. The molecule has 1 aromatic rings. The minimum absolute atomic E-state index is 0.449. The summed E-state index contributed by atoms with van der Waals surface area (Å²) in [5, 5.41) is 0. The SMILES string of the molecule is COCc1nc(CN)[nH]c1C. The van der Waals surface area contributed by atoms with E-state index in [9.17, 15) is 0 Å². The molecule has 0 saturated carbocycles. The Balaban J connectivity index is 2.79. The molecule has 0 bridgehead atoms. The molecule has 0 unspecified atom stereocenters. The number of nitrogens with two attached hydrogens (primary N) is 1. The smallest absolute Gasteiger partial charge is 0.120 e. The first kappa shape index (κ1) is 8.23. The second kappa shape index (κ2) is 3.50. The number of nitrogens with one attached hydrogen (secondary N) is 1. The molecule has 4 heteroatoms. The Morgan fingerprint density at radius 1 is 1.64 bits per heavy atom. The van der Waals surface area contributed by atoms with Gasteiger partial charge in [-0.25, -0.2) is 4.98 Å². The number of aromatic nitrogens is 2. The van der Waals surface area contributed by atoms with Crippen LogP contribution in [-0.2, 0) is 17.9 Å². The molecule has 0 fully saturated rings. The number of aryl methyl sites for hydroxylation is 1. The highest BCUT2D eigenvalue weighted by Crippen LogP contribution is 2.04. The van der Waals surface area contributed by atoms with Crippen molar-refractivity contribution < 1.29 is 4.74 Å². The minimum atomic E-state index is 0.449. The summed E-state index contributed by atoms with van der Waals surface area (Å²) in [7, 11) is 1.65. The molecular weight excluding hydrogens is 142 g/mol. The van der Waals surface area contributed by atoms with Crippen LogP contribution >= 0.6 is 0 Å². The molecule has 1 aromatic heterocycles. The summed E-state index contributed by atoms with van der Waals surface area (Å²) in [6, 6.07) is 0. The maximum Gasteiger partial charge on any atom is 0.120 e. The summed E-state index contributed by atoms with van der Waals surface area (Å²) in [5.41, 5.74) is 7.37. The summed E-state index contributed by atoms with van der Waals surface area (Å²) in [5.74, 6) is 0.814. The molecular formula is C7H13N3O. The third-order valence-electron chi connectivity index (χ3n) is 1.51. The molecule has 11 heavy (non-hydrogen) atoms. The lowest BCUT2D eigenvalue weighted by molar-refractivity contribution is 0.181. The summed E-state index contributed by atoms with van der Waals surface area (Å²) in [6.07, 6.45) is 0. The molecule has 0 aliphatic heterocycles. The largest absolute Gasteiger partial charge is 0.378 e. The van der Waals surface area contributed by atoms with Gasteiger partial charge in [0.1, 0.15) is 5.82 Å². The molecule has 0 spiro atoms. The van der Waals surface area contributed by atoms with Crippen LogP contribution in [0.2, 0.25) is 0 Å². The fraction of sp³-hybridized carbons (Fsp3) is 0.571. The Morgan fingerprint density at radius 3 is 2.82 bits per heavy atom. The highest BCUT2D eigenvalue weighted by molar-refractivity contribution is 5.11. The van der Waals surface area contributed by atoms with Gasteiger partial charge in [-0.2, -0.15) is 0 Å². The first-order valence-electron chi connectivity index (χ1n) is 3.51. The Kier molecular flexibility index (Phi) is 2.62. The van der Waals surface area contributed by atoms with Crippen molar-refractivity contribution >= 4 is 0 Å². The van der Waals surface area contributed by atoms with Crippen LogP contribution in [0.1, 0.15) is 17.2 Å². The Labute approximate surface area is 65.8 Å². The van der Waals surface area contributed by atoms with Crippen molar-refractivity contribution in [2.24, 2.45) is 5.73 Å². The monoisotopic (exact) mass is 155 g/mol. The predicted molar refractivity (Wildman–Crippen MR) is 41.9 cm³/mol. The third-order valence-corrected chi connectivity index (χ3v) is 1.51. The summed E-state index contributed by atoms with van der Waals surface area (Å²) >= 11 is 0. The van der Waals surface area contributed by atoms with Crippen LogP contribution in [0.3, 0.4) is 0 Å². The molecule has 0 atom stereocenters. The number of imidazole rings is 1. The minimum Gasteiger partial charge on any atom is -0.378 e. The van der Waals surface area contributed by atoms with E-state index < -0.39 is 0 Å². The van der Waals surface area contributed by atoms with E-state index in [4.69, 9.17) is 10.5 Å². The Morgan fingerprint density at radius 2 is 2.36 bits per heavy atom. The maximum atomic E-state index is 5.39. The van der Waals surface area contributed by atoms with E-state index in [2.05, 4.69) is 9.97 Å². The zero-order valence-corrected chi connectivity index (χ0v) is 6.85. The van der Waals surface area contributed by atoms with Gasteiger partial charge in [0, 0.05) is 12.8 Å². The molecule has 0 radical (unpaired) electrons. The van der Waals surface area contributed by atoms with Gasteiger partial charge in [0.05, 0.1) is 18.8 Å². The number of rotatable bonds is 3. The van der Waals surface area contributed by atoms with Crippen LogP contribution in [0.15, 0.2) is 0 Å². The molecule has 0 aliphatic carbocycles. The lowest BCUT2D eigenvalue weighted by Gasteiger charge is -1.92. The maximum absolute atomic E-state index is 5.39. The van der Waals surface area contributed by atoms with Crippen LogP contribution in [-0.4, -0.2) is 17.1 Å². The average Bonchev–Trinajstić information content (AvgIpc) is 2.33. The van der Waals surface area contributed by atoms with E-state index in [-0.39, 0.29) is 0 Å². The third kappa shape index (κ3) is 1.78. The molecule has 0 aromatic carbocycles. The van der Waals surface area contributed by atoms with Crippen molar-refractivity contribution in [1.82, 2.24) is 9.97 Å². The number of hydrogen-bond acceptors (Lipinski definition) is 3. The van der Waals surface area contributed by atoms with Gasteiger partial charge in [-0.3, -0.25) is 0 Å². The van der Waals surface area contributed by atoms with E-state index in [1.165, 1.54) is 0 Å². The number of H-pyrrole nitrogens is 1. The lowest BCUT2D eigenvalue weighted by atomic mass is 10.4. The van der Waals surface area contributed by atoms with E-state index >= 15 is 0 Å².